The van der Waals surface area contributed by atoms with Crippen molar-refractivity contribution in [1.29, 1.82) is 0 Å². The molecule has 32 heavy (non-hydrogen) atoms. The van der Waals surface area contributed by atoms with Crippen LogP contribution in [0.4, 0.5) is 4.39 Å². The van der Waals surface area contributed by atoms with Crippen LogP contribution in [-0.2, 0) is 9.59 Å². The molecule has 1 fully saturated rings. The first-order valence-corrected chi connectivity index (χ1v) is 10.2. The van der Waals surface area contributed by atoms with Crippen LogP contribution >= 0.6 is 0 Å². The molecule has 1 saturated heterocycles. The normalized spacial score (nSPS) is 17.8. The standard InChI is InChI=1S/C24H27FN2O5/c1-26(2)12-5-13-27-21(15-6-9-17(31-3)10-7-15)20(23(29)24(27)30)22(28)18-14-16(25)8-11-19(18)32-4/h6-11,14,21,28H,5,12-13H2,1-4H3/t21-/m1/s1. The van der Waals surface area contributed by atoms with Gasteiger partial charge in [-0.15, -0.1) is 0 Å². The van der Waals surface area contributed by atoms with Crippen molar-refractivity contribution in [3.8, 4) is 11.5 Å². The smallest absolute Gasteiger partial charge is 0.295 e. The second-order valence-electron chi connectivity index (χ2n) is 7.77. The maximum absolute atomic E-state index is 14.0. The highest BCUT2D eigenvalue weighted by Crippen LogP contribution is 2.41. The molecule has 0 aliphatic carbocycles. The Morgan fingerprint density at radius 1 is 1.09 bits per heavy atom. The lowest BCUT2D eigenvalue weighted by Gasteiger charge is -2.26. The molecule has 1 heterocycles. The van der Waals surface area contributed by atoms with Crippen LogP contribution in [0.2, 0.25) is 0 Å². The van der Waals surface area contributed by atoms with Gasteiger partial charge in [-0.1, -0.05) is 12.1 Å². The van der Waals surface area contributed by atoms with E-state index in [0.29, 0.717) is 24.3 Å². The Morgan fingerprint density at radius 2 is 1.78 bits per heavy atom. The van der Waals surface area contributed by atoms with E-state index in [-0.39, 0.29) is 16.9 Å². The van der Waals surface area contributed by atoms with Crippen LogP contribution in [-0.4, -0.2) is 68.0 Å². The Kier molecular flexibility index (Phi) is 7.15. The van der Waals surface area contributed by atoms with Crippen LogP contribution < -0.4 is 9.47 Å². The number of ether oxygens (including phenoxy) is 2. The Hall–Kier alpha value is -3.39. The summed E-state index contributed by atoms with van der Waals surface area (Å²) in [5.74, 6) is -1.80. The van der Waals surface area contributed by atoms with E-state index in [2.05, 4.69) is 0 Å². The number of methoxy groups -OCH3 is 2. The zero-order valence-corrected chi connectivity index (χ0v) is 18.6. The zero-order chi connectivity index (χ0) is 23.4. The second-order valence-corrected chi connectivity index (χ2v) is 7.77. The predicted molar refractivity (Wildman–Crippen MR) is 118 cm³/mol. The number of halogens is 1. The van der Waals surface area contributed by atoms with Crippen molar-refractivity contribution >= 4 is 17.4 Å². The highest BCUT2D eigenvalue weighted by atomic mass is 19.1. The van der Waals surface area contributed by atoms with Gasteiger partial charge in [0.25, 0.3) is 11.7 Å². The fourth-order valence-corrected chi connectivity index (χ4v) is 3.81. The quantitative estimate of drug-likeness (QED) is 0.384. The van der Waals surface area contributed by atoms with E-state index in [9.17, 15) is 19.1 Å². The summed E-state index contributed by atoms with van der Waals surface area (Å²) in [6.45, 7) is 1.03. The van der Waals surface area contributed by atoms with Crippen LogP contribution in [0.3, 0.4) is 0 Å². The maximum atomic E-state index is 14.0. The summed E-state index contributed by atoms with van der Waals surface area (Å²) >= 11 is 0. The summed E-state index contributed by atoms with van der Waals surface area (Å²) in [7, 11) is 6.76. The van der Waals surface area contributed by atoms with Gasteiger partial charge in [0, 0.05) is 6.54 Å². The molecule has 3 rings (SSSR count). The van der Waals surface area contributed by atoms with Gasteiger partial charge in [-0.2, -0.15) is 0 Å². The molecular weight excluding hydrogens is 415 g/mol. The van der Waals surface area contributed by atoms with Crippen LogP contribution in [0.1, 0.15) is 23.6 Å². The highest BCUT2D eigenvalue weighted by molar-refractivity contribution is 6.46. The molecule has 1 aliphatic heterocycles. The summed E-state index contributed by atoms with van der Waals surface area (Å²) < 4.78 is 24.4. The lowest BCUT2D eigenvalue weighted by Crippen LogP contribution is -2.32. The summed E-state index contributed by atoms with van der Waals surface area (Å²) in [6, 6.07) is 9.73. The average Bonchev–Trinajstić information content (AvgIpc) is 3.03. The number of rotatable bonds is 8. The highest BCUT2D eigenvalue weighted by Gasteiger charge is 2.46. The van der Waals surface area contributed by atoms with E-state index < -0.39 is 29.3 Å². The number of hydrogen-bond acceptors (Lipinski definition) is 6. The first-order valence-electron chi connectivity index (χ1n) is 10.2. The van der Waals surface area contributed by atoms with E-state index in [0.717, 1.165) is 12.6 Å². The largest absolute Gasteiger partial charge is 0.507 e. The minimum absolute atomic E-state index is 0.0114. The molecule has 1 N–H and O–H groups in total. The van der Waals surface area contributed by atoms with Crippen molar-refractivity contribution in [2.24, 2.45) is 0 Å². The molecule has 170 valence electrons. The fourth-order valence-electron chi connectivity index (χ4n) is 3.81. The Labute approximate surface area is 186 Å². The molecule has 1 aliphatic rings. The van der Waals surface area contributed by atoms with Crippen LogP contribution in [0, 0.1) is 5.82 Å². The predicted octanol–water partition coefficient (Wildman–Crippen LogP) is 3.22. The first-order chi connectivity index (χ1) is 15.3. The number of amides is 1. The maximum Gasteiger partial charge on any atom is 0.295 e. The lowest BCUT2D eigenvalue weighted by atomic mass is 9.95. The molecule has 0 unspecified atom stereocenters. The summed E-state index contributed by atoms with van der Waals surface area (Å²) in [5, 5.41) is 11.1. The van der Waals surface area contributed by atoms with Crippen molar-refractivity contribution in [1.82, 2.24) is 9.80 Å². The third kappa shape index (κ3) is 4.60. The average molecular weight is 442 g/mol. The van der Waals surface area contributed by atoms with Gasteiger partial charge in [0.15, 0.2) is 0 Å². The molecule has 1 atom stereocenters. The molecule has 7 nitrogen and oxygen atoms in total. The molecule has 2 aromatic carbocycles. The number of Topliss-reactive ketones (excluding diaryl/α,β-unsaturated/α-hetero) is 1. The van der Waals surface area contributed by atoms with E-state index in [4.69, 9.17) is 9.47 Å². The summed E-state index contributed by atoms with van der Waals surface area (Å²) in [4.78, 5) is 29.4. The van der Waals surface area contributed by atoms with Gasteiger partial charge < -0.3 is 24.4 Å². The monoisotopic (exact) mass is 442 g/mol. The number of carbonyl (C=O) groups excluding carboxylic acids is 2. The van der Waals surface area contributed by atoms with Crippen molar-refractivity contribution in [3.05, 3.63) is 65.0 Å². The molecule has 0 saturated carbocycles. The third-order valence-electron chi connectivity index (χ3n) is 5.39. The van der Waals surface area contributed by atoms with Crippen molar-refractivity contribution in [2.75, 3.05) is 41.4 Å². The minimum Gasteiger partial charge on any atom is -0.507 e. The van der Waals surface area contributed by atoms with E-state index in [1.54, 1.807) is 31.4 Å². The number of hydrogen-bond donors (Lipinski definition) is 1. The van der Waals surface area contributed by atoms with Gasteiger partial charge in [0.2, 0.25) is 0 Å². The van der Waals surface area contributed by atoms with Gasteiger partial charge in [-0.25, -0.2) is 4.39 Å². The number of likely N-dealkylation sites (tertiary alicyclic amines) is 1. The number of aliphatic hydroxyl groups excluding tert-OH is 1. The van der Waals surface area contributed by atoms with Gasteiger partial charge in [-0.3, -0.25) is 9.59 Å². The van der Waals surface area contributed by atoms with E-state index in [1.807, 2.05) is 19.0 Å². The number of benzene rings is 2. The molecule has 2 aromatic rings. The van der Waals surface area contributed by atoms with Crippen LogP contribution in [0.15, 0.2) is 48.0 Å². The van der Waals surface area contributed by atoms with Crippen LogP contribution in [0.25, 0.3) is 5.76 Å². The molecule has 0 aromatic heterocycles. The van der Waals surface area contributed by atoms with Gasteiger partial charge >= 0.3 is 0 Å². The number of aliphatic hydroxyl groups is 1. The number of ketones is 1. The summed E-state index contributed by atoms with van der Waals surface area (Å²) in [6.07, 6.45) is 0.635. The zero-order valence-electron chi connectivity index (χ0n) is 18.6. The first kappa shape index (κ1) is 23.3. The van der Waals surface area contributed by atoms with Crippen molar-refractivity contribution in [3.63, 3.8) is 0 Å². The Morgan fingerprint density at radius 3 is 2.38 bits per heavy atom. The van der Waals surface area contributed by atoms with Crippen molar-refractivity contribution in [2.45, 2.75) is 12.5 Å². The molecule has 0 spiro atoms. The second kappa shape index (κ2) is 9.82. The lowest BCUT2D eigenvalue weighted by molar-refractivity contribution is -0.139. The minimum atomic E-state index is -0.823. The molecular formula is C24H27FN2O5. The fraction of sp³-hybridized carbons (Fsp3) is 0.333. The Balaban J connectivity index is 2.15. The molecule has 8 heteroatoms. The van der Waals surface area contributed by atoms with Crippen molar-refractivity contribution < 1.29 is 28.6 Å². The molecule has 0 bridgehead atoms. The number of nitrogens with zero attached hydrogens (tertiary/aromatic N) is 2. The van der Waals surface area contributed by atoms with Gasteiger partial charge in [0.1, 0.15) is 23.1 Å². The summed E-state index contributed by atoms with van der Waals surface area (Å²) in [5.41, 5.74) is 0.540. The van der Waals surface area contributed by atoms with Gasteiger partial charge in [-0.05, 0) is 63.0 Å². The van der Waals surface area contributed by atoms with Gasteiger partial charge in [0.05, 0.1) is 31.4 Å². The van der Waals surface area contributed by atoms with E-state index in [1.165, 1.54) is 24.1 Å². The van der Waals surface area contributed by atoms with Crippen LogP contribution in [0.5, 0.6) is 11.5 Å². The SMILES string of the molecule is COc1ccc([C@@H]2C(=C(O)c3cc(F)ccc3OC)C(=O)C(=O)N2CCCN(C)C)cc1. The number of carbonyl (C=O) groups is 2. The Bertz CT molecular complexity index is 1030. The third-order valence-corrected chi connectivity index (χ3v) is 5.39. The van der Waals surface area contributed by atoms with E-state index >= 15 is 0 Å². The molecule has 0 radical (unpaired) electrons. The topological polar surface area (TPSA) is 79.3 Å². The molecule has 1 amide bonds.